The van der Waals surface area contributed by atoms with Crippen LogP contribution in [-0.4, -0.2) is 108 Å². The number of methoxy groups -OCH3 is 1. The molecule has 0 spiro atoms. The molecule has 300 valence electrons. The fraction of sp³-hybridized carbons (Fsp3) is 0.514. The van der Waals surface area contributed by atoms with Gasteiger partial charge in [-0.15, -0.1) is 5.10 Å². The molecule has 0 radical (unpaired) electrons. The molecule has 4 aromatic rings. The standard InChI is InChI=1S/C36H44Cl2N5O9.CHO2.K/c1-22-24(35(48)52-34-32(47)31(46)28(20-45)51-36(34)49-2)18-25(37)33(30(22)38)50-21-29-39-26-13-7-8-14-27(26)43(29)16-9-5-3-4-6-12-23-19-42(41-40-23)15-10-11-17-44;2-1-3;/h7-8,13-14,18-19,28,31-32,34,36,45-47H,3-6,9-12,15-16,20-21H2,1-2H3;(H,2,3);/q2*-1;+1/t28-,31-,32+,34-,36+;;/m1../s1. The fourth-order valence-corrected chi connectivity index (χ4v) is 6.77. The van der Waals surface area contributed by atoms with Gasteiger partial charge in [0.05, 0.1) is 38.9 Å². The van der Waals surface area contributed by atoms with Crippen molar-refractivity contribution in [3.8, 4) is 5.75 Å². The van der Waals surface area contributed by atoms with E-state index in [1.54, 1.807) is 11.6 Å². The molecule has 0 aliphatic carbocycles. The monoisotopic (exact) mass is 844 g/mol. The molecule has 5 rings (SSSR count). The maximum absolute atomic E-state index is 13.3. The summed E-state index contributed by atoms with van der Waals surface area (Å²) in [6.45, 7) is 3.01. The number of halogens is 2. The Morgan fingerprint density at radius 1 is 1.04 bits per heavy atom. The van der Waals surface area contributed by atoms with E-state index in [1.807, 2.05) is 36.7 Å². The Morgan fingerprint density at radius 3 is 2.46 bits per heavy atom. The van der Waals surface area contributed by atoms with E-state index in [0.29, 0.717) is 37.2 Å². The van der Waals surface area contributed by atoms with Crippen LogP contribution >= 0.6 is 23.2 Å². The Balaban J connectivity index is 0.00000204. The van der Waals surface area contributed by atoms with Crippen molar-refractivity contribution in [3.05, 3.63) is 69.2 Å². The van der Waals surface area contributed by atoms with Crippen molar-refractivity contribution >= 4 is 53.0 Å². The summed E-state index contributed by atoms with van der Waals surface area (Å²) in [7, 11) is 1.28. The van der Waals surface area contributed by atoms with Crippen molar-refractivity contribution in [3.63, 3.8) is 0 Å². The van der Waals surface area contributed by atoms with E-state index in [9.17, 15) is 24.9 Å². The number of aryl methyl sites for hydroxylation is 3. The Morgan fingerprint density at radius 2 is 1.75 bits per heavy atom. The van der Waals surface area contributed by atoms with E-state index in [-0.39, 0.29) is 79.3 Å². The second kappa shape index (κ2) is 24.4. The van der Waals surface area contributed by atoms with Gasteiger partial charge in [0.25, 0.3) is 0 Å². The first-order valence-corrected chi connectivity index (χ1v) is 18.5. The van der Waals surface area contributed by atoms with E-state index in [2.05, 4.69) is 14.9 Å². The third-order valence-corrected chi connectivity index (χ3v) is 9.82. The van der Waals surface area contributed by atoms with Crippen LogP contribution in [0.25, 0.3) is 11.0 Å². The van der Waals surface area contributed by atoms with Crippen LogP contribution < -0.4 is 56.1 Å². The number of para-hydroxylation sites is 2. The molecule has 2 aromatic heterocycles. The quantitative estimate of drug-likeness (QED) is 0.0451. The number of aliphatic hydroxyl groups is 3. The molecular formula is C37H45Cl2KN5O11-. The van der Waals surface area contributed by atoms with Gasteiger partial charge in [-0.2, -0.15) is 6.42 Å². The van der Waals surface area contributed by atoms with Crippen molar-refractivity contribution in [1.82, 2.24) is 24.5 Å². The minimum atomic E-state index is -1.59. The van der Waals surface area contributed by atoms with Crippen LogP contribution in [0.3, 0.4) is 0 Å². The molecule has 16 nitrogen and oxygen atoms in total. The summed E-state index contributed by atoms with van der Waals surface area (Å²) in [6.07, 6.45) is 4.11. The number of rotatable bonds is 19. The van der Waals surface area contributed by atoms with E-state index in [4.69, 9.17) is 57.0 Å². The number of ether oxygens (including phenoxy) is 4. The first-order chi connectivity index (χ1) is 26.6. The number of imidazole rings is 1. The number of esters is 1. The Bertz CT molecular complexity index is 1860. The van der Waals surface area contributed by atoms with Crippen molar-refractivity contribution in [2.24, 2.45) is 0 Å². The van der Waals surface area contributed by atoms with Crippen LogP contribution in [0.5, 0.6) is 5.75 Å². The minimum absolute atomic E-state index is 0. The molecule has 5 atom stereocenters. The molecule has 0 saturated carbocycles. The van der Waals surface area contributed by atoms with Crippen LogP contribution in [0.15, 0.2) is 36.5 Å². The molecular weight excluding hydrogens is 800 g/mol. The summed E-state index contributed by atoms with van der Waals surface area (Å²) in [6, 6.07) is 9.23. The number of nitrogens with zero attached hydrogens (tertiary/aromatic N) is 5. The fourth-order valence-electron chi connectivity index (χ4n) is 6.20. The zero-order valence-corrected chi connectivity index (χ0v) is 36.1. The van der Waals surface area contributed by atoms with Gasteiger partial charge in [-0.05, 0) is 49.9 Å². The average molecular weight is 846 g/mol. The van der Waals surface area contributed by atoms with Crippen LogP contribution in [0.1, 0.15) is 72.4 Å². The molecule has 4 N–H and O–H groups in total. The van der Waals surface area contributed by atoms with Gasteiger partial charge in [0.1, 0.15) is 30.7 Å². The molecule has 0 amide bonds. The van der Waals surface area contributed by atoms with Crippen LogP contribution in [0.2, 0.25) is 10.0 Å². The number of carbonyl (C=O) groups is 1. The van der Waals surface area contributed by atoms with Gasteiger partial charge in [0, 0.05) is 26.4 Å². The van der Waals surface area contributed by atoms with Gasteiger partial charge in [0.15, 0.2) is 18.1 Å². The summed E-state index contributed by atoms with van der Waals surface area (Å²) >= 11 is 13.3. The third-order valence-electron chi connectivity index (χ3n) is 9.09. The second-order valence-electron chi connectivity index (χ2n) is 12.8. The molecule has 0 bridgehead atoms. The summed E-state index contributed by atoms with van der Waals surface area (Å²) in [5.74, 6) is -0.0131. The summed E-state index contributed by atoms with van der Waals surface area (Å²) in [5.41, 5.74) is 3.13. The largest absolute Gasteiger partial charge is 1.00 e. The van der Waals surface area contributed by atoms with Crippen LogP contribution in [0, 0.1) is 6.92 Å². The normalized spacial score (nSPS) is 19.1. The number of hydrogen-bond donors (Lipinski definition) is 4. The van der Waals surface area contributed by atoms with Gasteiger partial charge in [-0.1, -0.05) is 72.7 Å². The van der Waals surface area contributed by atoms with Gasteiger partial charge in [-0.25, -0.2) is 9.78 Å². The summed E-state index contributed by atoms with van der Waals surface area (Å²) < 4.78 is 26.2. The van der Waals surface area contributed by atoms with Crippen LogP contribution in [0.4, 0.5) is 0 Å². The molecule has 19 heteroatoms. The van der Waals surface area contributed by atoms with Crippen molar-refractivity contribution in [2.45, 2.75) is 109 Å². The number of aromatic nitrogens is 5. The molecule has 2 aromatic carbocycles. The maximum atomic E-state index is 13.3. The Kier molecular flexibility index (Phi) is 20.9. The van der Waals surface area contributed by atoms with Crippen LogP contribution in [-0.2, 0) is 49.9 Å². The minimum Gasteiger partial charge on any atom is -0.665 e. The number of fused-ring (bicyclic) bond motifs is 1. The van der Waals surface area contributed by atoms with Gasteiger partial charge >= 0.3 is 57.4 Å². The molecule has 0 unspecified atom stereocenters. The topological polar surface area (TPSA) is 218 Å². The van der Waals surface area contributed by atoms with Crippen molar-refractivity contribution in [1.29, 1.82) is 0 Å². The number of aliphatic hydroxyl groups excluding tert-OH is 4. The Labute approximate surface area is 376 Å². The van der Waals surface area contributed by atoms with E-state index < -0.39 is 43.3 Å². The zero-order chi connectivity index (χ0) is 39.9. The molecule has 1 aliphatic rings. The number of unbranched alkanes of at least 4 members (excludes halogenated alkanes) is 5. The molecule has 3 heterocycles. The predicted molar refractivity (Wildman–Crippen MR) is 199 cm³/mol. The van der Waals surface area contributed by atoms with E-state index in [1.165, 1.54) is 13.2 Å². The van der Waals surface area contributed by atoms with Crippen molar-refractivity contribution < 1.29 is 105 Å². The second-order valence-corrected chi connectivity index (χ2v) is 13.6. The van der Waals surface area contributed by atoms with Gasteiger partial charge in [-0.3, -0.25) is 11.0 Å². The van der Waals surface area contributed by atoms with Gasteiger partial charge < -0.3 is 53.5 Å². The zero-order valence-electron chi connectivity index (χ0n) is 31.5. The average Bonchev–Trinajstić information content (AvgIpc) is 3.78. The number of benzene rings is 2. The molecule has 1 saturated heterocycles. The predicted octanol–water partition coefficient (Wildman–Crippen LogP) is 1.13. The van der Waals surface area contributed by atoms with Crippen molar-refractivity contribution in [2.75, 3.05) is 13.7 Å². The van der Waals surface area contributed by atoms with E-state index >= 15 is 0 Å². The van der Waals surface area contributed by atoms with E-state index in [0.717, 1.165) is 61.8 Å². The SMILES string of the molecule is CO[C@H]1O[C@H](CO)[C@@H](O)[C@H](O)[C@H]1OC(=O)c1cc(Cl)c(OCc2nc3ccccc3n2CCCCCCCc2cn(CCC[C-]=O)nn2)c(Cl)c1C.O=[C-]O.[K+]. The number of carbonyl (C=O) groups excluding carboxylic acids is 2. The number of hydrogen-bond acceptors (Lipinski definition) is 13. The maximum Gasteiger partial charge on any atom is 1.00 e. The summed E-state index contributed by atoms with van der Waals surface area (Å²) in [4.78, 5) is 36.7. The third kappa shape index (κ3) is 12.7. The smallest absolute Gasteiger partial charge is 0.665 e. The molecule has 1 fully saturated rings. The summed E-state index contributed by atoms with van der Waals surface area (Å²) in [5, 5.41) is 45.6. The van der Waals surface area contributed by atoms with Gasteiger partial charge in [0.2, 0.25) is 0 Å². The first kappa shape index (κ1) is 47.8. The Hall–Kier alpha value is -2.52. The molecule has 1 aliphatic heterocycles. The first-order valence-electron chi connectivity index (χ1n) is 17.7. The molecule has 56 heavy (non-hydrogen) atoms.